The molecule has 4 rings (SSSR count). The van der Waals surface area contributed by atoms with Gasteiger partial charge < -0.3 is 21.1 Å². The van der Waals surface area contributed by atoms with E-state index in [-0.39, 0.29) is 29.6 Å². The summed E-state index contributed by atoms with van der Waals surface area (Å²) >= 11 is 0. The number of sulfonamides is 1. The Balaban J connectivity index is 1.39. The van der Waals surface area contributed by atoms with Gasteiger partial charge in [-0.15, -0.1) is 0 Å². The summed E-state index contributed by atoms with van der Waals surface area (Å²) in [5, 5.41) is 25.4. The first kappa shape index (κ1) is 29.4. The second-order valence-electron chi connectivity index (χ2n) is 9.67. The molecular formula is C29H31N5O6S. The summed E-state index contributed by atoms with van der Waals surface area (Å²) < 4.78 is 27.3. The van der Waals surface area contributed by atoms with Crippen molar-refractivity contribution in [2.24, 2.45) is 0 Å². The van der Waals surface area contributed by atoms with Crippen LogP contribution < -0.4 is 16.0 Å². The molecule has 0 aliphatic carbocycles. The average molecular weight is 578 g/mol. The van der Waals surface area contributed by atoms with Gasteiger partial charge in [0.15, 0.2) is 0 Å². The maximum Gasteiger partial charge on any atom is 0.326 e. The van der Waals surface area contributed by atoms with Crippen LogP contribution in [0.2, 0.25) is 0 Å². The van der Waals surface area contributed by atoms with Crippen molar-refractivity contribution in [1.29, 1.82) is 5.41 Å². The molecule has 3 aromatic rings. The minimum Gasteiger partial charge on any atom is -0.480 e. The molecule has 1 heterocycles. The van der Waals surface area contributed by atoms with E-state index in [1.165, 1.54) is 12.1 Å². The summed E-state index contributed by atoms with van der Waals surface area (Å²) in [6.07, 6.45) is 0.737. The number of carbonyl (C=O) groups is 3. The summed E-state index contributed by atoms with van der Waals surface area (Å²) in [5.74, 6) is -2.02. The lowest BCUT2D eigenvalue weighted by atomic mass is 10.0. The molecule has 0 radical (unpaired) electrons. The third-order valence-electron chi connectivity index (χ3n) is 6.58. The predicted molar refractivity (Wildman–Crippen MR) is 154 cm³/mol. The maximum absolute atomic E-state index is 13.1. The molecule has 0 aromatic heterocycles. The van der Waals surface area contributed by atoms with Crippen LogP contribution in [0.1, 0.15) is 35.7 Å². The molecule has 12 heteroatoms. The van der Waals surface area contributed by atoms with Gasteiger partial charge in [0.25, 0.3) is 5.91 Å². The highest BCUT2D eigenvalue weighted by Crippen LogP contribution is 2.26. The van der Waals surface area contributed by atoms with Crippen LogP contribution in [-0.4, -0.2) is 60.1 Å². The fourth-order valence-electron chi connectivity index (χ4n) is 4.60. The van der Waals surface area contributed by atoms with E-state index in [0.29, 0.717) is 35.3 Å². The van der Waals surface area contributed by atoms with Crippen molar-refractivity contribution in [2.45, 2.75) is 43.2 Å². The van der Waals surface area contributed by atoms with Gasteiger partial charge in [0, 0.05) is 29.9 Å². The predicted octanol–water partition coefficient (Wildman–Crippen LogP) is 3.31. The van der Waals surface area contributed by atoms with Crippen LogP contribution in [0.3, 0.4) is 0 Å². The molecule has 11 nitrogen and oxygen atoms in total. The molecule has 0 bridgehead atoms. The van der Waals surface area contributed by atoms with Gasteiger partial charge in [-0.3, -0.25) is 15.0 Å². The average Bonchev–Trinajstić information content (AvgIpc) is 3.45. The summed E-state index contributed by atoms with van der Waals surface area (Å²) in [5.41, 5.74) is 2.09. The molecule has 3 aromatic carbocycles. The van der Waals surface area contributed by atoms with E-state index in [2.05, 4.69) is 16.0 Å². The van der Waals surface area contributed by atoms with Gasteiger partial charge in [-0.1, -0.05) is 36.4 Å². The minimum atomic E-state index is -3.91. The Kier molecular flexibility index (Phi) is 9.15. The normalized spacial score (nSPS) is 16.0. The van der Waals surface area contributed by atoms with Crippen molar-refractivity contribution in [3.8, 4) is 0 Å². The first-order valence-electron chi connectivity index (χ1n) is 13.0. The maximum atomic E-state index is 13.1. The fourth-order valence-corrected chi connectivity index (χ4v) is 6.28. The number of nitrogens with one attached hydrogen (secondary N) is 4. The van der Waals surface area contributed by atoms with Gasteiger partial charge in [0.1, 0.15) is 12.1 Å². The number of amides is 2. The summed E-state index contributed by atoms with van der Waals surface area (Å²) in [6.45, 7) is 1.76. The Morgan fingerprint density at radius 1 is 0.976 bits per heavy atom. The lowest BCUT2D eigenvalue weighted by Gasteiger charge is -2.25. The zero-order valence-corrected chi connectivity index (χ0v) is 23.1. The van der Waals surface area contributed by atoms with Gasteiger partial charge in [0.05, 0.1) is 10.7 Å². The van der Waals surface area contributed by atoms with E-state index < -0.39 is 34.0 Å². The molecular weight excluding hydrogens is 546 g/mol. The molecule has 0 unspecified atom stereocenters. The first-order valence-corrected chi connectivity index (χ1v) is 14.4. The van der Waals surface area contributed by atoms with E-state index in [1.807, 2.05) is 0 Å². The first-order chi connectivity index (χ1) is 19.5. The number of rotatable bonds is 10. The van der Waals surface area contributed by atoms with Gasteiger partial charge in [-0.05, 0) is 67.8 Å². The van der Waals surface area contributed by atoms with Crippen LogP contribution >= 0.6 is 0 Å². The molecule has 2 amide bonds. The molecule has 41 heavy (non-hydrogen) atoms. The van der Waals surface area contributed by atoms with Crippen molar-refractivity contribution in [1.82, 2.24) is 9.62 Å². The Morgan fingerprint density at radius 2 is 1.68 bits per heavy atom. The highest BCUT2D eigenvalue weighted by molar-refractivity contribution is 7.89. The Morgan fingerprint density at radius 3 is 2.34 bits per heavy atom. The Hall–Kier alpha value is -4.55. The third kappa shape index (κ3) is 7.35. The second kappa shape index (κ2) is 12.7. The van der Waals surface area contributed by atoms with Crippen molar-refractivity contribution in [2.75, 3.05) is 17.2 Å². The number of aliphatic carboxylic acids is 1. The number of carboxylic acid groups (broad SMARTS) is 1. The molecule has 1 fully saturated rings. The number of amidine groups is 1. The van der Waals surface area contributed by atoms with E-state index in [1.54, 1.807) is 73.7 Å². The Bertz CT molecular complexity index is 1540. The summed E-state index contributed by atoms with van der Waals surface area (Å²) in [4.78, 5) is 37.8. The smallest absolute Gasteiger partial charge is 0.326 e. The number of hydrogen-bond donors (Lipinski definition) is 5. The highest BCUT2D eigenvalue weighted by Gasteiger charge is 2.40. The quantitative estimate of drug-likeness (QED) is 0.182. The zero-order chi connectivity index (χ0) is 29.6. The van der Waals surface area contributed by atoms with Crippen molar-refractivity contribution >= 4 is 45.0 Å². The lowest BCUT2D eigenvalue weighted by Crippen LogP contribution is -2.51. The third-order valence-corrected chi connectivity index (χ3v) is 8.50. The number of carboxylic acids is 1. The van der Waals surface area contributed by atoms with Crippen LogP contribution in [0.4, 0.5) is 11.4 Å². The van der Waals surface area contributed by atoms with Gasteiger partial charge in [-0.25, -0.2) is 13.2 Å². The van der Waals surface area contributed by atoms with Crippen LogP contribution in [0.25, 0.3) is 0 Å². The van der Waals surface area contributed by atoms with Crippen molar-refractivity contribution < 1.29 is 27.9 Å². The standard InChI is InChI=1S/C29H31N5O6S/c1-19(30)31-23-8-5-7-21(18-23)27(35)32-22-14-12-20(13-15-22)17-25(29(37)38)33-28(36)26-11-6-16-34(26)41(39,40)24-9-3-2-4-10-24/h2-5,7-10,12-15,18,25-26H,6,11,16-17H2,1H3,(H2,30,31)(H,32,35)(H,33,36)(H,37,38)/t25-,26-/m0/s1. The van der Waals surface area contributed by atoms with Crippen LogP contribution in [0, 0.1) is 5.41 Å². The highest BCUT2D eigenvalue weighted by atomic mass is 32.2. The zero-order valence-electron chi connectivity index (χ0n) is 22.3. The van der Waals surface area contributed by atoms with E-state index in [0.717, 1.165) is 4.31 Å². The lowest BCUT2D eigenvalue weighted by molar-refractivity contribution is -0.142. The fraction of sp³-hybridized carbons (Fsp3) is 0.241. The monoisotopic (exact) mass is 577 g/mol. The minimum absolute atomic E-state index is 0.0376. The SMILES string of the molecule is CC(=N)Nc1cccc(C(=O)Nc2ccc(C[C@H](NC(=O)[C@@H]3CCCN3S(=O)(=O)c3ccccc3)C(=O)O)cc2)c1. The molecule has 1 saturated heterocycles. The van der Waals surface area contributed by atoms with E-state index >= 15 is 0 Å². The molecule has 1 aliphatic rings. The molecule has 0 saturated carbocycles. The molecule has 2 atom stereocenters. The van der Waals surface area contributed by atoms with E-state index in [4.69, 9.17) is 5.41 Å². The second-order valence-corrected chi connectivity index (χ2v) is 11.6. The molecule has 0 spiro atoms. The van der Waals surface area contributed by atoms with Gasteiger partial charge >= 0.3 is 5.97 Å². The van der Waals surface area contributed by atoms with Crippen LogP contribution in [0.5, 0.6) is 0 Å². The summed E-state index contributed by atoms with van der Waals surface area (Å²) in [7, 11) is -3.91. The molecule has 1 aliphatic heterocycles. The topological polar surface area (TPSA) is 169 Å². The number of nitrogens with zero attached hydrogens (tertiary/aromatic N) is 1. The van der Waals surface area contributed by atoms with Crippen molar-refractivity contribution in [3.05, 3.63) is 90.0 Å². The van der Waals surface area contributed by atoms with Crippen LogP contribution in [0.15, 0.2) is 83.8 Å². The number of benzene rings is 3. The van der Waals surface area contributed by atoms with Gasteiger partial charge in [0.2, 0.25) is 15.9 Å². The van der Waals surface area contributed by atoms with Gasteiger partial charge in [-0.2, -0.15) is 4.31 Å². The number of anilines is 2. The van der Waals surface area contributed by atoms with Crippen molar-refractivity contribution in [3.63, 3.8) is 0 Å². The summed E-state index contributed by atoms with van der Waals surface area (Å²) in [6, 6.07) is 18.8. The number of carbonyl (C=O) groups excluding carboxylic acids is 2. The van der Waals surface area contributed by atoms with E-state index in [9.17, 15) is 27.9 Å². The molecule has 5 N–H and O–H groups in total. The number of hydrogen-bond acceptors (Lipinski definition) is 6. The largest absolute Gasteiger partial charge is 0.480 e. The molecule has 214 valence electrons. The van der Waals surface area contributed by atoms with Crippen LogP contribution in [-0.2, 0) is 26.0 Å². The Labute approximate surface area is 238 Å².